The highest BCUT2D eigenvalue weighted by Gasteiger charge is 2.29. The van der Waals surface area contributed by atoms with Crippen molar-refractivity contribution in [2.75, 3.05) is 13.1 Å². The van der Waals surface area contributed by atoms with Gasteiger partial charge < -0.3 is 10.4 Å². The zero-order chi connectivity index (χ0) is 20.7. The van der Waals surface area contributed by atoms with Gasteiger partial charge in [0.15, 0.2) is 0 Å². The molecule has 1 amide bonds. The van der Waals surface area contributed by atoms with Gasteiger partial charge in [0.1, 0.15) is 0 Å². The lowest BCUT2D eigenvalue weighted by atomic mass is 9.97. The Bertz CT molecular complexity index is 950. The summed E-state index contributed by atoms with van der Waals surface area (Å²) in [5.74, 6) is -0.282. The molecule has 6 nitrogen and oxygen atoms in total. The highest BCUT2D eigenvalue weighted by Crippen LogP contribution is 2.21. The molecule has 1 aliphatic rings. The third kappa shape index (κ3) is 5.76. The molecule has 0 bridgehead atoms. The number of hydrogen-bond donors (Lipinski definition) is 2. The Morgan fingerprint density at radius 2 is 1.66 bits per heavy atom. The van der Waals surface area contributed by atoms with Crippen molar-refractivity contribution >= 4 is 22.0 Å². The standard InChI is InChI=1S/C22H26N2O4S/c25-17-21-9-5-4-8-20(21)16-23-22(26)19-10-13-24(14-11-19)29(27,28)15-12-18-6-2-1-3-7-18/h1-9,12,15,19,25H,10-11,13-14,16-17H2,(H,23,26)/b15-12+. The van der Waals surface area contributed by atoms with E-state index in [-0.39, 0.29) is 18.4 Å². The molecule has 3 rings (SSSR count). The number of piperidine rings is 1. The average Bonchev–Trinajstić information content (AvgIpc) is 2.77. The molecule has 2 aromatic rings. The molecule has 2 aromatic carbocycles. The van der Waals surface area contributed by atoms with Gasteiger partial charge in [0, 0.05) is 31.0 Å². The Hall–Kier alpha value is -2.48. The zero-order valence-corrected chi connectivity index (χ0v) is 17.0. The van der Waals surface area contributed by atoms with E-state index in [1.165, 1.54) is 9.71 Å². The number of nitrogens with zero attached hydrogens (tertiary/aromatic N) is 1. The molecule has 2 N–H and O–H groups in total. The van der Waals surface area contributed by atoms with Gasteiger partial charge in [-0.2, -0.15) is 4.31 Å². The van der Waals surface area contributed by atoms with Crippen molar-refractivity contribution in [2.24, 2.45) is 5.92 Å². The molecule has 0 aromatic heterocycles. The van der Waals surface area contributed by atoms with Crippen LogP contribution in [0.3, 0.4) is 0 Å². The predicted octanol–water partition coefficient (Wildman–Crippen LogP) is 2.51. The van der Waals surface area contributed by atoms with Crippen molar-refractivity contribution in [3.8, 4) is 0 Å². The first-order chi connectivity index (χ1) is 14.0. The lowest BCUT2D eigenvalue weighted by molar-refractivity contribution is -0.126. The van der Waals surface area contributed by atoms with Crippen LogP contribution in [0.4, 0.5) is 0 Å². The van der Waals surface area contributed by atoms with Crippen LogP contribution in [0.15, 0.2) is 60.0 Å². The number of carbonyl (C=O) groups is 1. The molecule has 1 fully saturated rings. The number of rotatable bonds is 7. The van der Waals surface area contributed by atoms with Gasteiger partial charge in [0.05, 0.1) is 6.61 Å². The number of amides is 1. The monoisotopic (exact) mass is 414 g/mol. The number of nitrogens with one attached hydrogen (secondary N) is 1. The largest absolute Gasteiger partial charge is 0.392 e. The SMILES string of the molecule is O=C(NCc1ccccc1CO)C1CCN(S(=O)(=O)/C=C/c2ccccc2)CC1. The molecular weight excluding hydrogens is 388 g/mol. The molecule has 0 saturated carbocycles. The van der Waals surface area contributed by atoms with Gasteiger partial charge in [-0.05, 0) is 35.6 Å². The fourth-order valence-electron chi connectivity index (χ4n) is 3.40. The van der Waals surface area contributed by atoms with E-state index < -0.39 is 10.0 Å². The summed E-state index contributed by atoms with van der Waals surface area (Å²) >= 11 is 0. The van der Waals surface area contributed by atoms with E-state index in [9.17, 15) is 18.3 Å². The first-order valence-electron chi connectivity index (χ1n) is 9.68. The highest BCUT2D eigenvalue weighted by atomic mass is 32.2. The van der Waals surface area contributed by atoms with E-state index >= 15 is 0 Å². The van der Waals surface area contributed by atoms with Gasteiger partial charge >= 0.3 is 0 Å². The predicted molar refractivity (Wildman–Crippen MR) is 113 cm³/mol. The number of aliphatic hydroxyl groups is 1. The van der Waals surface area contributed by atoms with Crippen LogP contribution in [0.1, 0.15) is 29.5 Å². The summed E-state index contributed by atoms with van der Waals surface area (Å²) in [6.45, 7) is 0.937. The van der Waals surface area contributed by atoms with Gasteiger partial charge in [-0.1, -0.05) is 54.6 Å². The summed E-state index contributed by atoms with van der Waals surface area (Å²) < 4.78 is 26.5. The summed E-state index contributed by atoms with van der Waals surface area (Å²) in [5, 5.41) is 13.5. The minimum atomic E-state index is -3.50. The normalized spacial score (nSPS) is 16.2. The number of aliphatic hydroxyl groups excluding tert-OH is 1. The van der Waals surface area contributed by atoms with E-state index in [4.69, 9.17) is 0 Å². The maximum Gasteiger partial charge on any atom is 0.236 e. The second-order valence-electron chi connectivity index (χ2n) is 7.08. The van der Waals surface area contributed by atoms with Crippen molar-refractivity contribution in [2.45, 2.75) is 26.0 Å². The fraction of sp³-hybridized carbons (Fsp3) is 0.318. The molecular formula is C22H26N2O4S. The number of benzene rings is 2. The number of carbonyl (C=O) groups excluding carboxylic acids is 1. The van der Waals surface area contributed by atoms with Crippen LogP contribution in [-0.2, 0) is 28.0 Å². The van der Waals surface area contributed by atoms with Gasteiger partial charge in [-0.15, -0.1) is 0 Å². The lowest BCUT2D eigenvalue weighted by Gasteiger charge is -2.29. The van der Waals surface area contributed by atoms with E-state index in [1.54, 1.807) is 6.08 Å². The first kappa shape index (κ1) is 21.2. The summed E-state index contributed by atoms with van der Waals surface area (Å²) in [6, 6.07) is 16.7. The van der Waals surface area contributed by atoms with Gasteiger partial charge in [-0.3, -0.25) is 4.79 Å². The molecule has 7 heteroatoms. The Morgan fingerprint density at radius 3 is 2.31 bits per heavy atom. The van der Waals surface area contributed by atoms with Crippen LogP contribution in [-0.4, -0.2) is 36.8 Å². The molecule has 0 spiro atoms. The molecule has 0 aliphatic carbocycles. The Balaban J connectivity index is 1.51. The number of hydrogen-bond acceptors (Lipinski definition) is 4. The zero-order valence-electron chi connectivity index (χ0n) is 16.2. The maximum absolute atomic E-state index is 12.5. The molecule has 29 heavy (non-hydrogen) atoms. The van der Waals surface area contributed by atoms with Crippen LogP contribution in [0, 0.1) is 5.92 Å². The second kappa shape index (κ2) is 9.82. The Kier molecular flexibility index (Phi) is 7.19. The molecule has 1 heterocycles. The molecule has 154 valence electrons. The average molecular weight is 415 g/mol. The summed E-state index contributed by atoms with van der Waals surface area (Å²) in [7, 11) is -3.50. The quantitative estimate of drug-likeness (QED) is 0.729. The lowest BCUT2D eigenvalue weighted by Crippen LogP contribution is -2.42. The Morgan fingerprint density at radius 1 is 1.03 bits per heavy atom. The Labute approximate surface area is 171 Å². The topological polar surface area (TPSA) is 86.7 Å². The molecule has 0 atom stereocenters. The molecule has 1 aliphatic heterocycles. The molecule has 1 saturated heterocycles. The molecule has 0 radical (unpaired) electrons. The molecule has 0 unspecified atom stereocenters. The van der Waals surface area contributed by atoms with Crippen LogP contribution >= 0.6 is 0 Å². The van der Waals surface area contributed by atoms with Gasteiger partial charge in [0.25, 0.3) is 0 Å². The van der Waals surface area contributed by atoms with E-state index in [0.717, 1.165) is 16.7 Å². The minimum absolute atomic E-state index is 0.0706. The third-order valence-electron chi connectivity index (χ3n) is 5.16. The van der Waals surface area contributed by atoms with E-state index in [1.807, 2.05) is 54.6 Å². The fourth-order valence-corrected chi connectivity index (χ4v) is 4.62. The third-order valence-corrected chi connectivity index (χ3v) is 6.72. The van der Waals surface area contributed by atoms with Crippen molar-refractivity contribution in [1.82, 2.24) is 9.62 Å². The van der Waals surface area contributed by atoms with Crippen molar-refractivity contribution < 1.29 is 18.3 Å². The second-order valence-corrected chi connectivity index (χ2v) is 8.89. The van der Waals surface area contributed by atoms with Crippen LogP contribution in [0.5, 0.6) is 0 Å². The van der Waals surface area contributed by atoms with Crippen molar-refractivity contribution in [3.05, 3.63) is 76.7 Å². The van der Waals surface area contributed by atoms with Gasteiger partial charge in [0.2, 0.25) is 15.9 Å². The van der Waals surface area contributed by atoms with Crippen LogP contribution < -0.4 is 5.32 Å². The maximum atomic E-state index is 12.5. The van der Waals surface area contributed by atoms with E-state index in [2.05, 4.69) is 5.32 Å². The van der Waals surface area contributed by atoms with Crippen LogP contribution in [0.25, 0.3) is 6.08 Å². The van der Waals surface area contributed by atoms with Gasteiger partial charge in [-0.25, -0.2) is 8.42 Å². The summed E-state index contributed by atoms with van der Waals surface area (Å²) in [6.07, 6.45) is 2.57. The number of sulfonamides is 1. The van der Waals surface area contributed by atoms with Crippen molar-refractivity contribution in [1.29, 1.82) is 0 Å². The van der Waals surface area contributed by atoms with Crippen LogP contribution in [0.2, 0.25) is 0 Å². The smallest absolute Gasteiger partial charge is 0.236 e. The van der Waals surface area contributed by atoms with Crippen molar-refractivity contribution in [3.63, 3.8) is 0 Å². The minimum Gasteiger partial charge on any atom is -0.392 e. The summed E-state index contributed by atoms with van der Waals surface area (Å²) in [5.41, 5.74) is 2.50. The van der Waals surface area contributed by atoms with E-state index in [0.29, 0.717) is 32.5 Å². The summed E-state index contributed by atoms with van der Waals surface area (Å²) in [4.78, 5) is 12.5. The highest BCUT2D eigenvalue weighted by molar-refractivity contribution is 7.92. The first-order valence-corrected chi connectivity index (χ1v) is 11.2.